The minimum absolute atomic E-state index is 0. The molecule has 2 N–H and O–H groups in total. The minimum atomic E-state index is -0.388. The molecule has 6 nitrogen and oxygen atoms in total. The van der Waals surface area contributed by atoms with Crippen LogP contribution in [0.3, 0.4) is 0 Å². The summed E-state index contributed by atoms with van der Waals surface area (Å²) in [5, 5.41) is 6.01. The van der Waals surface area contributed by atoms with Crippen molar-refractivity contribution in [3.8, 4) is 0 Å². The van der Waals surface area contributed by atoms with Gasteiger partial charge in [-0.25, -0.2) is 0 Å². The molecule has 0 spiro atoms. The second-order valence-electron chi connectivity index (χ2n) is 5.96. The maximum atomic E-state index is 12.6. The third kappa shape index (κ3) is 4.56. The zero-order chi connectivity index (χ0) is 14.6. The Hall–Kier alpha value is -0.850. The van der Waals surface area contributed by atoms with Gasteiger partial charge in [-0.2, -0.15) is 0 Å². The van der Waals surface area contributed by atoms with Crippen molar-refractivity contribution in [3.63, 3.8) is 0 Å². The van der Waals surface area contributed by atoms with E-state index in [1.807, 2.05) is 11.8 Å². The van der Waals surface area contributed by atoms with Crippen LogP contribution in [0.4, 0.5) is 0 Å². The van der Waals surface area contributed by atoms with Gasteiger partial charge in [0.25, 0.3) is 0 Å². The molecule has 2 amide bonds. The van der Waals surface area contributed by atoms with Gasteiger partial charge >= 0.3 is 0 Å². The normalized spacial score (nSPS) is 26.9. The van der Waals surface area contributed by atoms with E-state index in [0.29, 0.717) is 19.6 Å². The van der Waals surface area contributed by atoms with Crippen LogP contribution in [0.2, 0.25) is 0 Å². The molecule has 0 aromatic carbocycles. The lowest BCUT2D eigenvalue weighted by atomic mass is 9.89. The van der Waals surface area contributed by atoms with E-state index in [2.05, 4.69) is 15.5 Å². The second-order valence-corrected chi connectivity index (χ2v) is 5.96. The summed E-state index contributed by atoms with van der Waals surface area (Å²) in [7, 11) is 1.65. The van der Waals surface area contributed by atoms with Crippen LogP contribution in [0, 0.1) is 0 Å². The Morgan fingerprint density at radius 2 is 1.86 bits per heavy atom. The van der Waals surface area contributed by atoms with E-state index in [1.54, 1.807) is 7.05 Å². The van der Waals surface area contributed by atoms with E-state index in [0.717, 1.165) is 38.9 Å². The van der Waals surface area contributed by atoms with Crippen molar-refractivity contribution in [2.75, 3.05) is 46.3 Å². The van der Waals surface area contributed by atoms with Gasteiger partial charge in [0.05, 0.1) is 12.1 Å². The van der Waals surface area contributed by atoms with E-state index in [4.69, 9.17) is 0 Å². The standard InChI is InChI=1S/C14H26N4O2.ClH/c1-14(5-3-4-6-16-14)13(20)18-9-7-17(8-10-18)11-12(19)15-2;/h16H,3-11H2,1-2H3,(H,15,19);1H. The molecule has 1 unspecified atom stereocenters. The van der Waals surface area contributed by atoms with Crippen LogP contribution >= 0.6 is 12.4 Å². The second kappa shape index (κ2) is 7.96. The third-order valence-corrected chi connectivity index (χ3v) is 4.40. The van der Waals surface area contributed by atoms with Crippen molar-refractivity contribution in [1.29, 1.82) is 0 Å². The number of carbonyl (C=O) groups excluding carboxylic acids is 2. The molecule has 0 saturated carbocycles. The van der Waals surface area contributed by atoms with Crippen molar-refractivity contribution in [2.45, 2.75) is 31.7 Å². The number of likely N-dealkylation sites (N-methyl/N-ethyl adjacent to an activating group) is 1. The molecule has 2 aliphatic heterocycles. The number of nitrogens with one attached hydrogen (secondary N) is 2. The monoisotopic (exact) mass is 318 g/mol. The lowest BCUT2D eigenvalue weighted by molar-refractivity contribution is -0.140. The summed E-state index contributed by atoms with van der Waals surface area (Å²) < 4.78 is 0. The van der Waals surface area contributed by atoms with E-state index in [1.165, 1.54) is 0 Å². The van der Waals surface area contributed by atoms with Crippen LogP contribution in [0.25, 0.3) is 0 Å². The number of hydrogen-bond acceptors (Lipinski definition) is 4. The molecular weight excluding hydrogens is 292 g/mol. The Bertz CT molecular complexity index is 364. The molecule has 0 bridgehead atoms. The van der Waals surface area contributed by atoms with Crippen LogP contribution in [0.15, 0.2) is 0 Å². The summed E-state index contributed by atoms with van der Waals surface area (Å²) in [6.07, 6.45) is 3.19. The summed E-state index contributed by atoms with van der Waals surface area (Å²) >= 11 is 0. The Balaban J connectivity index is 0.00000220. The highest BCUT2D eigenvalue weighted by Crippen LogP contribution is 2.22. The molecule has 7 heteroatoms. The highest BCUT2D eigenvalue weighted by atomic mass is 35.5. The molecule has 1 atom stereocenters. The van der Waals surface area contributed by atoms with Gasteiger partial charge in [-0.1, -0.05) is 0 Å². The first kappa shape index (κ1) is 18.2. The van der Waals surface area contributed by atoms with Crippen LogP contribution < -0.4 is 10.6 Å². The third-order valence-electron chi connectivity index (χ3n) is 4.40. The lowest BCUT2D eigenvalue weighted by Crippen LogP contribution is -2.61. The molecule has 122 valence electrons. The highest BCUT2D eigenvalue weighted by Gasteiger charge is 2.38. The average Bonchev–Trinajstić information content (AvgIpc) is 2.48. The summed E-state index contributed by atoms with van der Waals surface area (Å²) in [4.78, 5) is 28.0. The summed E-state index contributed by atoms with van der Waals surface area (Å²) in [5.41, 5.74) is -0.388. The fourth-order valence-corrected chi connectivity index (χ4v) is 2.98. The summed E-state index contributed by atoms with van der Waals surface area (Å²) in [5.74, 6) is 0.252. The molecule has 2 fully saturated rings. The zero-order valence-corrected chi connectivity index (χ0v) is 13.8. The number of piperazine rings is 1. The minimum Gasteiger partial charge on any atom is -0.358 e. The molecule has 2 heterocycles. The molecular formula is C14H27ClN4O2. The Labute approximate surface area is 133 Å². The van der Waals surface area contributed by atoms with Crippen LogP contribution in [0.5, 0.6) is 0 Å². The Morgan fingerprint density at radius 1 is 1.19 bits per heavy atom. The van der Waals surface area contributed by atoms with E-state index in [-0.39, 0.29) is 29.8 Å². The SMILES string of the molecule is CNC(=O)CN1CCN(C(=O)C2(C)CCCCN2)CC1.Cl. The first-order valence-electron chi connectivity index (χ1n) is 7.52. The van der Waals surface area contributed by atoms with Crippen molar-refractivity contribution in [1.82, 2.24) is 20.4 Å². The largest absolute Gasteiger partial charge is 0.358 e. The van der Waals surface area contributed by atoms with Crippen molar-refractivity contribution in [2.24, 2.45) is 0 Å². The van der Waals surface area contributed by atoms with Gasteiger partial charge < -0.3 is 15.5 Å². The van der Waals surface area contributed by atoms with Crippen LogP contribution in [-0.4, -0.2) is 73.5 Å². The number of rotatable bonds is 3. The number of piperidine rings is 1. The van der Waals surface area contributed by atoms with Gasteiger partial charge in [0.15, 0.2) is 0 Å². The van der Waals surface area contributed by atoms with Crippen LogP contribution in [0.1, 0.15) is 26.2 Å². The number of hydrogen-bond donors (Lipinski definition) is 2. The average molecular weight is 319 g/mol. The van der Waals surface area contributed by atoms with Crippen molar-refractivity contribution < 1.29 is 9.59 Å². The smallest absolute Gasteiger partial charge is 0.242 e. The van der Waals surface area contributed by atoms with Crippen LogP contribution in [-0.2, 0) is 9.59 Å². The predicted octanol–water partition coefficient (Wildman–Crippen LogP) is -0.169. The summed E-state index contributed by atoms with van der Waals surface area (Å²) in [6.45, 7) is 6.35. The van der Waals surface area contributed by atoms with Gasteiger partial charge in [0, 0.05) is 33.2 Å². The van der Waals surface area contributed by atoms with Gasteiger partial charge in [-0.3, -0.25) is 14.5 Å². The molecule has 21 heavy (non-hydrogen) atoms. The summed E-state index contributed by atoms with van der Waals surface area (Å²) in [6, 6.07) is 0. The fourth-order valence-electron chi connectivity index (χ4n) is 2.98. The Morgan fingerprint density at radius 3 is 2.38 bits per heavy atom. The number of carbonyl (C=O) groups is 2. The molecule has 2 aliphatic rings. The fraction of sp³-hybridized carbons (Fsp3) is 0.857. The van der Waals surface area contributed by atoms with E-state index >= 15 is 0 Å². The van der Waals surface area contributed by atoms with Crippen molar-refractivity contribution in [3.05, 3.63) is 0 Å². The lowest BCUT2D eigenvalue weighted by Gasteiger charge is -2.41. The molecule has 0 radical (unpaired) electrons. The Kier molecular flexibility index (Phi) is 6.90. The van der Waals surface area contributed by atoms with E-state index < -0.39 is 0 Å². The number of nitrogens with zero attached hydrogens (tertiary/aromatic N) is 2. The quantitative estimate of drug-likeness (QED) is 0.758. The molecule has 0 aromatic heterocycles. The first-order chi connectivity index (χ1) is 9.55. The number of amides is 2. The van der Waals surface area contributed by atoms with Gasteiger partial charge in [0.1, 0.15) is 0 Å². The maximum Gasteiger partial charge on any atom is 0.242 e. The molecule has 0 aromatic rings. The highest BCUT2D eigenvalue weighted by molar-refractivity contribution is 5.86. The van der Waals surface area contributed by atoms with E-state index in [9.17, 15) is 9.59 Å². The maximum absolute atomic E-state index is 12.6. The van der Waals surface area contributed by atoms with Crippen molar-refractivity contribution >= 4 is 24.2 Å². The first-order valence-corrected chi connectivity index (χ1v) is 7.52. The predicted molar refractivity (Wildman–Crippen MR) is 84.6 cm³/mol. The topological polar surface area (TPSA) is 64.7 Å². The number of halogens is 1. The van der Waals surface area contributed by atoms with Gasteiger partial charge in [-0.05, 0) is 32.7 Å². The van der Waals surface area contributed by atoms with Gasteiger partial charge in [0.2, 0.25) is 11.8 Å². The molecule has 2 saturated heterocycles. The van der Waals surface area contributed by atoms with Gasteiger partial charge in [-0.15, -0.1) is 12.4 Å². The molecule has 0 aliphatic carbocycles. The zero-order valence-electron chi connectivity index (χ0n) is 13.0. The molecule has 2 rings (SSSR count).